The molecular weight excluding hydrogens is 501 g/mol. The van der Waals surface area contributed by atoms with Crippen molar-refractivity contribution in [2.24, 2.45) is 17.3 Å². The maximum Gasteiger partial charge on any atom is 0.416 e. The van der Waals surface area contributed by atoms with Crippen molar-refractivity contribution in [3.63, 3.8) is 0 Å². The number of Topliss-reactive ketones (excluding diaryl/α,β-unsaturated/α-hetero) is 1. The molecule has 9 heteroatoms. The van der Waals surface area contributed by atoms with Crippen LogP contribution in [0.3, 0.4) is 0 Å². The van der Waals surface area contributed by atoms with Crippen LogP contribution in [0.15, 0.2) is 66.2 Å². The van der Waals surface area contributed by atoms with Gasteiger partial charge in [-0.25, -0.2) is 0 Å². The topological polar surface area (TPSA) is 86.7 Å². The van der Waals surface area contributed by atoms with E-state index in [1.165, 1.54) is 13.8 Å². The van der Waals surface area contributed by atoms with Gasteiger partial charge in [-0.15, -0.1) is 0 Å². The molecule has 0 bridgehead atoms. The molecule has 4 atom stereocenters. The molecule has 38 heavy (non-hydrogen) atoms. The van der Waals surface area contributed by atoms with E-state index in [2.05, 4.69) is 0 Å². The van der Waals surface area contributed by atoms with Gasteiger partial charge in [-0.1, -0.05) is 48.5 Å². The van der Waals surface area contributed by atoms with Crippen molar-refractivity contribution >= 4 is 24.0 Å². The number of carbonyl (C=O) groups excluding carboxylic acids is 4. The number of hydrogen-bond acceptors (Lipinski definition) is 6. The predicted molar refractivity (Wildman–Crippen MR) is 130 cm³/mol. The number of hydrogen-bond donors (Lipinski definition) is 0. The lowest BCUT2D eigenvalue weighted by atomic mass is 9.54. The number of alkyl halides is 3. The first-order valence-corrected chi connectivity index (χ1v) is 12.4. The maximum absolute atomic E-state index is 13.8. The van der Waals surface area contributed by atoms with E-state index in [0.29, 0.717) is 6.29 Å². The van der Waals surface area contributed by atoms with Crippen LogP contribution in [0.2, 0.25) is 0 Å². The summed E-state index contributed by atoms with van der Waals surface area (Å²) in [5, 5.41) is 0. The Labute approximate surface area is 217 Å². The molecule has 4 rings (SSSR count). The number of aldehydes is 1. The van der Waals surface area contributed by atoms with Gasteiger partial charge >= 0.3 is 18.1 Å². The van der Waals surface area contributed by atoms with Crippen LogP contribution in [0.25, 0.3) is 0 Å². The third kappa shape index (κ3) is 4.44. The van der Waals surface area contributed by atoms with Crippen LogP contribution in [-0.4, -0.2) is 37.2 Å². The summed E-state index contributed by atoms with van der Waals surface area (Å²) in [6.45, 7) is 2.80. The highest BCUT2D eigenvalue weighted by molar-refractivity contribution is 6.09. The number of ether oxygens (including phenoxy) is 2. The minimum Gasteiger partial charge on any atom is -0.465 e. The van der Waals surface area contributed by atoms with Crippen LogP contribution in [0.5, 0.6) is 0 Å². The molecular formula is C29H27F3O6. The minimum atomic E-state index is -4.62. The molecule has 1 saturated carbocycles. The van der Waals surface area contributed by atoms with Gasteiger partial charge < -0.3 is 9.47 Å². The molecule has 0 aromatic heterocycles. The van der Waals surface area contributed by atoms with Gasteiger partial charge in [0, 0.05) is 12.3 Å². The molecule has 0 N–H and O–H groups in total. The molecule has 0 saturated heterocycles. The monoisotopic (exact) mass is 528 g/mol. The molecule has 1 fully saturated rings. The predicted octanol–water partition coefficient (Wildman–Crippen LogP) is 5.03. The van der Waals surface area contributed by atoms with Gasteiger partial charge in [0.05, 0.1) is 24.7 Å². The standard InChI is InChI=1S/C29H27F3O6/c1-3-37-26(35)28(27(36)38-4-2)24(18-10-12-20(13-11-18)29(30,31)32)19(16-33)14-22-21(15-23(34)25(22)28)17-8-6-5-7-9-17/h5-14,16,21-22,24-25H,3-4,15H2,1-2H3/t21-,22-,24-,25+/m1/s1. The highest BCUT2D eigenvalue weighted by Gasteiger charge is 2.69. The van der Waals surface area contributed by atoms with E-state index in [0.717, 1.165) is 29.8 Å². The van der Waals surface area contributed by atoms with Crippen molar-refractivity contribution in [2.45, 2.75) is 38.3 Å². The normalized spacial score (nSPS) is 24.2. The van der Waals surface area contributed by atoms with Gasteiger partial charge in [0.25, 0.3) is 0 Å². The van der Waals surface area contributed by atoms with Crippen molar-refractivity contribution in [1.29, 1.82) is 0 Å². The molecule has 2 aliphatic rings. The first-order chi connectivity index (χ1) is 18.1. The lowest BCUT2D eigenvalue weighted by molar-refractivity contribution is -0.181. The van der Waals surface area contributed by atoms with E-state index < -0.39 is 52.8 Å². The van der Waals surface area contributed by atoms with Crippen LogP contribution in [-0.2, 0) is 34.8 Å². The minimum absolute atomic E-state index is 0.00226. The molecule has 0 aliphatic heterocycles. The van der Waals surface area contributed by atoms with Crippen LogP contribution < -0.4 is 0 Å². The fourth-order valence-electron chi connectivity index (χ4n) is 6.00. The zero-order chi connectivity index (χ0) is 27.7. The van der Waals surface area contributed by atoms with Crippen molar-refractivity contribution in [3.8, 4) is 0 Å². The second-order valence-electron chi connectivity index (χ2n) is 9.39. The number of esters is 2. The first kappa shape index (κ1) is 27.3. The summed E-state index contributed by atoms with van der Waals surface area (Å²) in [4.78, 5) is 53.9. The number of rotatable bonds is 7. The smallest absolute Gasteiger partial charge is 0.416 e. The van der Waals surface area contributed by atoms with E-state index in [4.69, 9.17) is 9.47 Å². The summed E-state index contributed by atoms with van der Waals surface area (Å²) in [7, 11) is 0. The molecule has 0 heterocycles. The third-order valence-corrected chi connectivity index (χ3v) is 7.44. The number of allylic oxidation sites excluding steroid dienone is 2. The van der Waals surface area contributed by atoms with E-state index in [1.807, 2.05) is 18.2 Å². The molecule has 0 radical (unpaired) electrons. The number of halogens is 3. The Morgan fingerprint density at radius 1 is 0.947 bits per heavy atom. The Morgan fingerprint density at radius 3 is 2.03 bits per heavy atom. The average molecular weight is 529 g/mol. The maximum atomic E-state index is 13.8. The zero-order valence-electron chi connectivity index (χ0n) is 20.9. The zero-order valence-corrected chi connectivity index (χ0v) is 20.9. The molecule has 2 aromatic carbocycles. The van der Waals surface area contributed by atoms with E-state index in [1.54, 1.807) is 18.2 Å². The van der Waals surface area contributed by atoms with Crippen LogP contribution in [0.4, 0.5) is 13.2 Å². The number of benzene rings is 2. The van der Waals surface area contributed by atoms with Crippen molar-refractivity contribution < 1.29 is 41.8 Å². The van der Waals surface area contributed by atoms with Gasteiger partial charge in [-0.05, 0) is 54.5 Å². The second kappa shape index (κ2) is 10.6. The lowest BCUT2D eigenvalue weighted by Gasteiger charge is -2.45. The third-order valence-electron chi connectivity index (χ3n) is 7.44. The van der Waals surface area contributed by atoms with Gasteiger partial charge in [-0.3, -0.25) is 19.2 Å². The fraction of sp³-hybridized carbons (Fsp3) is 0.379. The summed E-state index contributed by atoms with van der Waals surface area (Å²) in [6.07, 6.45) is -2.55. The van der Waals surface area contributed by atoms with Gasteiger partial charge in [-0.2, -0.15) is 13.2 Å². The molecule has 0 spiro atoms. The lowest BCUT2D eigenvalue weighted by Crippen LogP contribution is -2.57. The Balaban J connectivity index is 2.01. The molecule has 0 unspecified atom stereocenters. The molecule has 2 aliphatic carbocycles. The Hall–Kier alpha value is -3.75. The fourth-order valence-corrected chi connectivity index (χ4v) is 6.00. The Morgan fingerprint density at radius 2 is 1.53 bits per heavy atom. The first-order valence-electron chi connectivity index (χ1n) is 12.4. The summed E-state index contributed by atoms with van der Waals surface area (Å²) in [6, 6.07) is 12.9. The highest BCUT2D eigenvalue weighted by atomic mass is 19.4. The number of fused-ring (bicyclic) bond motifs is 1. The van der Waals surface area contributed by atoms with Gasteiger partial charge in [0.15, 0.2) is 5.41 Å². The largest absolute Gasteiger partial charge is 0.465 e. The van der Waals surface area contributed by atoms with E-state index >= 15 is 0 Å². The van der Waals surface area contributed by atoms with Crippen molar-refractivity contribution in [2.75, 3.05) is 13.2 Å². The van der Waals surface area contributed by atoms with Crippen LogP contribution >= 0.6 is 0 Å². The Kier molecular flexibility index (Phi) is 7.58. The molecule has 0 amide bonds. The number of ketones is 1. The van der Waals surface area contributed by atoms with Crippen LogP contribution in [0.1, 0.15) is 48.8 Å². The van der Waals surface area contributed by atoms with Gasteiger partial charge in [0.2, 0.25) is 0 Å². The summed E-state index contributed by atoms with van der Waals surface area (Å²) in [5.41, 5.74) is -2.35. The second-order valence-corrected chi connectivity index (χ2v) is 9.39. The summed E-state index contributed by atoms with van der Waals surface area (Å²) < 4.78 is 50.6. The van der Waals surface area contributed by atoms with E-state index in [9.17, 15) is 32.3 Å². The molecule has 6 nitrogen and oxygen atoms in total. The summed E-state index contributed by atoms with van der Waals surface area (Å²) in [5.74, 6) is -6.27. The van der Waals surface area contributed by atoms with E-state index in [-0.39, 0.29) is 36.6 Å². The number of carbonyl (C=O) groups is 4. The quantitative estimate of drug-likeness (QED) is 0.285. The highest BCUT2D eigenvalue weighted by Crippen LogP contribution is 2.61. The average Bonchev–Trinajstić information content (AvgIpc) is 3.24. The van der Waals surface area contributed by atoms with Crippen molar-refractivity contribution in [3.05, 3.63) is 82.9 Å². The summed E-state index contributed by atoms with van der Waals surface area (Å²) >= 11 is 0. The SMILES string of the molecule is CCOC(=O)C1(C(=O)OCC)[C@@H]2C(=O)C[C@H](c3ccccc3)[C@H]2C=C(C=O)[C@H]1c1ccc(C(F)(F)F)cc1. The van der Waals surface area contributed by atoms with Crippen LogP contribution in [0, 0.1) is 17.3 Å². The van der Waals surface area contributed by atoms with Gasteiger partial charge in [0.1, 0.15) is 12.1 Å². The Bertz CT molecular complexity index is 1230. The molecule has 200 valence electrons. The molecule has 2 aromatic rings. The van der Waals surface area contributed by atoms with Crippen molar-refractivity contribution in [1.82, 2.24) is 0 Å².